The zero-order valence-corrected chi connectivity index (χ0v) is 10.8. The van der Waals surface area contributed by atoms with Gasteiger partial charge in [-0.3, -0.25) is 0 Å². The maximum absolute atomic E-state index is 12.8. The first-order valence-electron chi connectivity index (χ1n) is 6.04. The smallest absolute Gasteiger partial charge is 0.371 e. The van der Waals surface area contributed by atoms with Crippen molar-refractivity contribution in [1.29, 1.82) is 0 Å². The minimum atomic E-state index is -1.37. The highest BCUT2D eigenvalue weighted by atomic mass is 19.1. The quantitative estimate of drug-likeness (QED) is 0.533. The largest absolute Gasteiger partial charge is 0.475 e. The topological polar surface area (TPSA) is 63.6 Å². The third-order valence-corrected chi connectivity index (χ3v) is 2.59. The van der Waals surface area contributed by atoms with Gasteiger partial charge in [0.25, 0.3) is 0 Å². The summed E-state index contributed by atoms with van der Waals surface area (Å²) < 4.78 is 17.6. The minimum absolute atomic E-state index is 0.0663. The molecular formula is C16H11FO4. The van der Waals surface area contributed by atoms with Crippen molar-refractivity contribution in [1.82, 2.24) is 0 Å². The van der Waals surface area contributed by atoms with E-state index in [0.717, 1.165) is 12.1 Å². The molecule has 0 heterocycles. The SMILES string of the molecule is O=C(O)C(=Cc1ccccc1)OC(=O)c1ccc(F)cc1. The van der Waals surface area contributed by atoms with Gasteiger partial charge < -0.3 is 9.84 Å². The summed E-state index contributed by atoms with van der Waals surface area (Å²) in [6.45, 7) is 0. The molecule has 0 aliphatic carbocycles. The van der Waals surface area contributed by atoms with Gasteiger partial charge in [-0.25, -0.2) is 14.0 Å². The average molecular weight is 286 g/mol. The van der Waals surface area contributed by atoms with E-state index in [1.165, 1.54) is 18.2 Å². The van der Waals surface area contributed by atoms with Crippen LogP contribution in [0, 0.1) is 5.82 Å². The molecule has 2 aromatic rings. The lowest BCUT2D eigenvalue weighted by molar-refractivity contribution is -0.135. The predicted molar refractivity (Wildman–Crippen MR) is 73.9 cm³/mol. The summed E-state index contributed by atoms with van der Waals surface area (Å²) in [5.74, 6) is -3.23. The Balaban J connectivity index is 2.21. The van der Waals surface area contributed by atoms with Gasteiger partial charge >= 0.3 is 11.9 Å². The summed E-state index contributed by atoms with van der Waals surface area (Å²) in [6, 6.07) is 13.2. The van der Waals surface area contributed by atoms with Gasteiger partial charge in [0.15, 0.2) is 0 Å². The molecule has 2 rings (SSSR count). The molecule has 0 fully saturated rings. The molecule has 0 radical (unpaired) electrons. The predicted octanol–water partition coefficient (Wildman–Crippen LogP) is 3.11. The van der Waals surface area contributed by atoms with E-state index < -0.39 is 23.5 Å². The van der Waals surface area contributed by atoms with Crippen LogP contribution >= 0.6 is 0 Å². The molecule has 0 unspecified atom stereocenters. The van der Waals surface area contributed by atoms with Crippen molar-refractivity contribution >= 4 is 18.0 Å². The van der Waals surface area contributed by atoms with Crippen LogP contribution in [0.15, 0.2) is 60.4 Å². The standard InChI is InChI=1S/C16H11FO4/c17-13-8-6-12(7-9-13)16(20)21-14(15(18)19)10-11-4-2-1-3-5-11/h1-10H,(H,18,19). The van der Waals surface area contributed by atoms with E-state index in [-0.39, 0.29) is 5.56 Å². The fourth-order valence-electron chi connectivity index (χ4n) is 1.58. The van der Waals surface area contributed by atoms with Crippen LogP contribution in [0.25, 0.3) is 6.08 Å². The Bertz CT molecular complexity index is 675. The lowest BCUT2D eigenvalue weighted by Gasteiger charge is -2.05. The number of carboxylic acid groups (broad SMARTS) is 1. The second-order valence-electron chi connectivity index (χ2n) is 4.12. The second kappa shape index (κ2) is 6.47. The van der Waals surface area contributed by atoms with Gasteiger partial charge in [0, 0.05) is 0 Å². The van der Waals surface area contributed by atoms with Crippen molar-refractivity contribution in [2.24, 2.45) is 0 Å². The van der Waals surface area contributed by atoms with Gasteiger partial charge in [-0.05, 0) is 35.9 Å². The summed E-state index contributed by atoms with van der Waals surface area (Å²) in [7, 11) is 0. The highest BCUT2D eigenvalue weighted by Crippen LogP contribution is 2.12. The highest BCUT2D eigenvalue weighted by Gasteiger charge is 2.16. The fraction of sp³-hybridized carbons (Fsp3) is 0. The first kappa shape index (κ1) is 14.5. The van der Waals surface area contributed by atoms with Gasteiger partial charge in [0.05, 0.1) is 5.56 Å². The van der Waals surface area contributed by atoms with Crippen LogP contribution in [-0.4, -0.2) is 17.0 Å². The number of aliphatic carboxylic acids is 1. The van der Waals surface area contributed by atoms with Gasteiger partial charge in [-0.2, -0.15) is 0 Å². The van der Waals surface area contributed by atoms with E-state index in [2.05, 4.69) is 0 Å². The number of esters is 1. The van der Waals surface area contributed by atoms with E-state index in [9.17, 15) is 14.0 Å². The molecule has 106 valence electrons. The highest BCUT2D eigenvalue weighted by molar-refractivity contribution is 5.97. The van der Waals surface area contributed by atoms with Gasteiger partial charge in [0.2, 0.25) is 5.76 Å². The maximum Gasteiger partial charge on any atom is 0.371 e. The number of carbonyl (C=O) groups excluding carboxylic acids is 1. The molecular weight excluding hydrogens is 275 g/mol. The number of halogens is 1. The van der Waals surface area contributed by atoms with Crippen LogP contribution in [0.1, 0.15) is 15.9 Å². The number of carboxylic acids is 1. The van der Waals surface area contributed by atoms with E-state index in [4.69, 9.17) is 9.84 Å². The summed E-state index contributed by atoms with van der Waals surface area (Å²) in [5, 5.41) is 9.07. The molecule has 0 amide bonds. The summed E-state index contributed by atoms with van der Waals surface area (Å²) >= 11 is 0. The molecule has 1 N–H and O–H groups in total. The van der Waals surface area contributed by atoms with E-state index in [0.29, 0.717) is 5.56 Å². The molecule has 0 atom stereocenters. The van der Waals surface area contributed by atoms with Gasteiger partial charge in [-0.15, -0.1) is 0 Å². The van der Waals surface area contributed by atoms with E-state index in [1.807, 2.05) is 0 Å². The molecule has 0 aliphatic heterocycles. The molecule has 0 bridgehead atoms. The normalized spacial score (nSPS) is 11.0. The Morgan fingerprint density at radius 3 is 2.19 bits per heavy atom. The van der Waals surface area contributed by atoms with Gasteiger partial charge in [-0.1, -0.05) is 30.3 Å². The van der Waals surface area contributed by atoms with Crippen LogP contribution < -0.4 is 0 Å². The molecule has 5 heteroatoms. The number of ether oxygens (including phenoxy) is 1. The van der Waals surface area contributed by atoms with Crippen LogP contribution in [0.3, 0.4) is 0 Å². The van der Waals surface area contributed by atoms with Crippen molar-refractivity contribution in [3.63, 3.8) is 0 Å². The molecule has 0 spiro atoms. The zero-order chi connectivity index (χ0) is 15.2. The van der Waals surface area contributed by atoms with Crippen molar-refractivity contribution < 1.29 is 23.8 Å². The number of hydrogen-bond acceptors (Lipinski definition) is 3. The molecule has 0 saturated carbocycles. The number of benzene rings is 2. The Kier molecular flexibility index (Phi) is 4.46. The Morgan fingerprint density at radius 2 is 1.62 bits per heavy atom. The van der Waals surface area contributed by atoms with Crippen LogP contribution in [-0.2, 0) is 9.53 Å². The molecule has 0 aliphatic rings. The first-order valence-corrected chi connectivity index (χ1v) is 6.04. The van der Waals surface area contributed by atoms with Crippen molar-refractivity contribution in [3.8, 4) is 0 Å². The van der Waals surface area contributed by atoms with Crippen LogP contribution in [0.5, 0.6) is 0 Å². The fourth-order valence-corrected chi connectivity index (χ4v) is 1.58. The Morgan fingerprint density at radius 1 is 1.00 bits per heavy atom. The van der Waals surface area contributed by atoms with Crippen molar-refractivity contribution in [2.75, 3.05) is 0 Å². The maximum atomic E-state index is 12.8. The lowest BCUT2D eigenvalue weighted by Crippen LogP contribution is -2.11. The molecule has 0 saturated heterocycles. The molecule has 2 aromatic carbocycles. The molecule has 21 heavy (non-hydrogen) atoms. The van der Waals surface area contributed by atoms with Crippen molar-refractivity contribution in [3.05, 3.63) is 77.3 Å². The number of rotatable bonds is 4. The lowest BCUT2D eigenvalue weighted by atomic mass is 10.2. The van der Waals surface area contributed by atoms with Gasteiger partial charge in [0.1, 0.15) is 5.82 Å². The first-order chi connectivity index (χ1) is 10.1. The van der Waals surface area contributed by atoms with Crippen LogP contribution in [0.2, 0.25) is 0 Å². The molecule has 0 aromatic heterocycles. The van der Waals surface area contributed by atoms with E-state index >= 15 is 0 Å². The monoisotopic (exact) mass is 286 g/mol. The Labute approximate surface area is 120 Å². The summed E-state index contributed by atoms with van der Waals surface area (Å²) in [4.78, 5) is 22.9. The van der Waals surface area contributed by atoms with E-state index in [1.54, 1.807) is 30.3 Å². The van der Waals surface area contributed by atoms with Crippen molar-refractivity contribution in [2.45, 2.75) is 0 Å². The average Bonchev–Trinajstić information content (AvgIpc) is 2.48. The minimum Gasteiger partial charge on any atom is -0.475 e. The third-order valence-electron chi connectivity index (χ3n) is 2.59. The zero-order valence-electron chi connectivity index (χ0n) is 10.8. The number of hydrogen-bond donors (Lipinski definition) is 1. The Hall–Kier alpha value is -2.95. The summed E-state index contributed by atoms with van der Waals surface area (Å²) in [6.07, 6.45) is 1.24. The summed E-state index contributed by atoms with van der Waals surface area (Å²) in [5.41, 5.74) is 0.651. The van der Waals surface area contributed by atoms with Crippen LogP contribution in [0.4, 0.5) is 4.39 Å². The second-order valence-corrected chi connectivity index (χ2v) is 4.12. The number of carbonyl (C=O) groups is 2. The third kappa shape index (κ3) is 4.01. The molecule has 4 nitrogen and oxygen atoms in total.